The quantitative estimate of drug-likeness (QED) is 0.694. The Hall–Kier alpha value is -1.97. The Morgan fingerprint density at radius 3 is 2.54 bits per heavy atom. The maximum Gasteiger partial charge on any atom is 0.416 e. The van der Waals surface area contributed by atoms with Crippen LogP contribution in [0.1, 0.15) is 42.1 Å². The normalized spacial score (nSPS) is 19.2. The van der Waals surface area contributed by atoms with Crippen molar-refractivity contribution in [2.24, 2.45) is 5.41 Å². The third-order valence-electron chi connectivity index (χ3n) is 4.95. The minimum absolute atomic E-state index is 0.0317. The zero-order valence-electron chi connectivity index (χ0n) is 14.3. The van der Waals surface area contributed by atoms with Gasteiger partial charge >= 0.3 is 6.18 Å². The van der Waals surface area contributed by atoms with Crippen LogP contribution in [0.25, 0.3) is 0 Å². The van der Waals surface area contributed by atoms with Crippen LogP contribution < -0.4 is 4.90 Å². The fraction of sp³-hybridized carbons (Fsp3) is 0.400. The molecule has 1 unspecified atom stereocenters. The molecule has 1 aliphatic carbocycles. The fourth-order valence-corrected chi connectivity index (χ4v) is 3.93. The lowest BCUT2D eigenvalue weighted by atomic mass is 9.84. The molecule has 0 bridgehead atoms. The first kappa shape index (κ1) is 16.9. The van der Waals surface area contributed by atoms with E-state index in [2.05, 4.69) is 32.0 Å². The minimum Gasteiger partial charge on any atom is -0.367 e. The molecule has 127 valence electrons. The Kier molecular flexibility index (Phi) is 3.89. The molecule has 4 heteroatoms. The summed E-state index contributed by atoms with van der Waals surface area (Å²) in [5, 5.41) is 0. The Morgan fingerprint density at radius 2 is 1.88 bits per heavy atom. The fourth-order valence-electron chi connectivity index (χ4n) is 3.93. The second kappa shape index (κ2) is 5.54. The molecule has 1 atom stereocenters. The SMILES string of the molecule is Cc1[c]cc(C(F)(F)F)cc1N(C)C1c2ccccc2CC1(C)C. The van der Waals surface area contributed by atoms with Crippen molar-refractivity contribution in [3.63, 3.8) is 0 Å². The standard InChI is InChI=1S/C20H21F3N/c1-13-9-10-15(20(21,22)23)11-17(13)24(4)18-16-8-6-5-7-14(16)12-19(18,2)3/h5-8,10-11,18H,12H2,1-4H3. The molecule has 0 saturated carbocycles. The summed E-state index contributed by atoms with van der Waals surface area (Å²) in [7, 11) is 1.88. The molecule has 1 aliphatic rings. The van der Waals surface area contributed by atoms with Crippen LogP contribution in [0, 0.1) is 18.4 Å². The molecule has 2 aromatic rings. The van der Waals surface area contributed by atoms with Crippen molar-refractivity contribution in [3.05, 3.63) is 64.7 Å². The summed E-state index contributed by atoms with van der Waals surface area (Å²) >= 11 is 0. The average molecular weight is 332 g/mol. The molecule has 1 nitrogen and oxygen atoms in total. The van der Waals surface area contributed by atoms with E-state index in [0.717, 1.165) is 18.1 Å². The van der Waals surface area contributed by atoms with E-state index in [1.165, 1.54) is 17.2 Å². The highest BCUT2D eigenvalue weighted by molar-refractivity contribution is 5.58. The molecule has 1 radical (unpaired) electrons. The predicted molar refractivity (Wildman–Crippen MR) is 90.1 cm³/mol. The van der Waals surface area contributed by atoms with Gasteiger partial charge in [-0.25, -0.2) is 0 Å². The van der Waals surface area contributed by atoms with E-state index in [4.69, 9.17) is 0 Å². The summed E-state index contributed by atoms with van der Waals surface area (Å²) in [4.78, 5) is 1.98. The van der Waals surface area contributed by atoms with E-state index in [1.807, 2.05) is 24.1 Å². The van der Waals surface area contributed by atoms with Crippen LogP contribution in [0.2, 0.25) is 0 Å². The number of fused-ring (bicyclic) bond motifs is 1. The number of anilines is 1. The van der Waals surface area contributed by atoms with E-state index in [1.54, 1.807) is 6.92 Å². The van der Waals surface area contributed by atoms with Crippen LogP contribution in [0.4, 0.5) is 18.9 Å². The first-order valence-electron chi connectivity index (χ1n) is 8.01. The van der Waals surface area contributed by atoms with Crippen LogP contribution in [0.3, 0.4) is 0 Å². The van der Waals surface area contributed by atoms with Crippen LogP contribution in [0.15, 0.2) is 36.4 Å². The van der Waals surface area contributed by atoms with Gasteiger partial charge in [0.25, 0.3) is 0 Å². The molecule has 3 rings (SSSR count). The maximum absolute atomic E-state index is 13.1. The van der Waals surface area contributed by atoms with Gasteiger partial charge in [-0.1, -0.05) is 38.1 Å². The van der Waals surface area contributed by atoms with E-state index in [-0.39, 0.29) is 11.5 Å². The lowest BCUT2D eigenvalue weighted by Gasteiger charge is -2.38. The first-order valence-corrected chi connectivity index (χ1v) is 8.01. The molecule has 0 saturated heterocycles. The molecule has 0 N–H and O–H groups in total. The van der Waals surface area contributed by atoms with Gasteiger partial charge in [-0.3, -0.25) is 0 Å². The molecule has 24 heavy (non-hydrogen) atoms. The number of aryl methyl sites for hydroxylation is 1. The molecule has 0 fully saturated rings. The summed E-state index contributed by atoms with van der Waals surface area (Å²) < 4.78 is 39.3. The number of benzene rings is 2. The van der Waals surface area contributed by atoms with Crippen LogP contribution in [0.5, 0.6) is 0 Å². The molecule has 0 amide bonds. The average Bonchev–Trinajstić information content (AvgIpc) is 2.75. The monoisotopic (exact) mass is 332 g/mol. The maximum atomic E-state index is 13.1. The van der Waals surface area contributed by atoms with Crippen molar-refractivity contribution in [1.82, 2.24) is 0 Å². The number of alkyl halides is 3. The zero-order valence-corrected chi connectivity index (χ0v) is 14.3. The van der Waals surface area contributed by atoms with E-state index < -0.39 is 11.7 Å². The molecule has 0 spiro atoms. The van der Waals surface area contributed by atoms with Crippen molar-refractivity contribution >= 4 is 5.69 Å². The largest absolute Gasteiger partial charge is 0.416 e. The van der Waals surface area contributed by atoms with E-state index in [0.29, 0.717) is 5.69 Å². The summed E-state index contributed by atoms with van der Waals surface area (Å²) in [6, 6.07) is 13.3. The highest BCUT2D eigenvalue weighted by atomic mass is 19.4. The number of hydrogen-bond donors (Lipinski definition) is 0. The van der Waals surface area contributed by atoms with Crippen molar-refractivity contribution in [1.29, 1.82) is 0 Å². The first-order chi connectivity index (χ1) is 11.1. The second-order valence-corrected chi connectivity index (χ2v) is 7.27. The van der Waals surface area contributed by atoms with Gasteiger partial charge in [0.2, 0.25) is 0 Å². The second-order valence-electron chi connectivity index (χ2n) is 7.27. The van der Waals surface area contributed by atoms with Gasteiger partial charge in [0, 0.05) is 12.7 Å². The Morgan fingerprint density at radius 1 is 1.21 bits per heavy atom. The lowest BCUT2D eigenvalue weighted by Crippen LogP contribution is -2.33. The van der Waals surface area contributed by atoms with Gasteiger partial charge in [-0.15, -0.1) is 0 Å². The Labute approximate surface area is 141 Å². The van der Waals surface area contributed by atoms with Gasteiger partial charge < -0.3 is 4.90 Å². The summed E-state index contributed by atoms with van der Waals surface area (Å²) in [6.07, 6.45) is -3.44. The van der Waals surface area contributed by atoms with Crippen molar-refractivity contribution < 1.29 is 13.2 Å². The molecular weight excluding hydrogens is 311 g/mol. The minimum atomic E-state index is -4.36. The zero-order chi connectivity index (χ0) is 17.7. The smallest absolute Gasteiger partial charge is 0.367 e. The predicted octanol–water partition coefficient (Wildman–Crippen LogP) is 5.57. The molecular formula is C20H21F3N. The van der Waals surface area contributed by atoms with Gasteiger partial charge in [0.05, 0.1) is 11.6 Å². The van der Waals surface area contributed by atoms with Crippen LogP contribution in [-0.4, -0.2) is 7.05 Å². The Bertz CT molecular complexity index is 762. The molecule has 2 aromatic carbocycles. The third kappa shape index (κ3) is 2.79. The summed E-state index contributed by atoms with van der Waals surface area (Å²) in [5.41, 5.74) is 3.07. The highest BCUT2D eigenvalue weighted by Gasteiger charge is 2.42. The highest BCUT2D eigenvalue weighted by Crippen LogP contribution is 2.50. The Balaban J connectivity index is 2.07. The van der Waals surface area contributed by atoms with Gasteiger partial charge in [-0.2, -0.15) is 13.2 Å². The molecule has 0 aromatic heterocycles. The van der Waals surface area contributed by atoms with Crippen molar-refractivity contribution in [2.75, 3.05) is 11.9 Å². The van der Waals surface area contributed by atoms with E-state index >= 15 is 0 Å². The summed E-state index contributed by atoms with van der Waals surface area (Å²) in [5.74, 6) is 0. The number of halogens is 3. The van der Waals surface area contributed by atoms with Gasteiger partial charge in [-0.05, 0) is 53.6 Å². The van der Waals surface area contributed by atoms with Gasteiger partial charge in [0.15, 0.2) is 0 Å². The van der Waals surface area contributed by atoms with E-state index in [9.17, 15) is 13.2 Å². The number of hydrogen-bond acceptors (Lipinski definition) is 1. The van der Waals surface area contributed by atoms with Crippen LogP contribution >= 0.6 is 0 Å². The molecule has 0 heterocycles. The lowest BCUT2D eigenvalue weighted by molar-refractivity contribution is -0.137. The van der Waals surface area contributed by atoms with Gasteiger partial charge in [0.1, 0.15) is 0 Å². The number of nitrogens with zero attached hydrogens (tertiary/aromatic N) is 1. The summed E-state index contributed by atoms with van der Waals surface area (Å²) in [6.45, 7) is 6.14. The topological polar surface area (TPSA) is 3.24 Å². The third-order valence-corrected chi connectivity index (χ3v) is 4.95. The van der Waals surface area contributed by atoms with Crippen molar-refractivity contribution in [2.45, 2.75) is 39.4 Å². The van der Waals surface area contributed by atoms with Crippen molar-refractivity contribution in [3.8, 4) is 0 Å². The van der Waals surface area contributed by atoms with Crippen LogP contribution in [-0.2, 0) is 12.6 Å². The molecule has 0 aliphatic heterocycles. The number of rotatable bonds is 2.